The first-order valence-electron chi connectivity index (χ1n) is 6.17. The number of carbonyl (C=O) groups is 1. The summed E-state index contributed by atoms with van der Waals surface area (Å²) in [6.07, 6.45) is 2.74. The van der Waals surface area contributed by atoms with Crippen molar-refractivity contribution in [3.05, 3.63) is 34.3 Å². The van der Waals surface area contributed by atoms with E-state index in [0.29, 0.717) is 11.6 Å². The monoisotopic (exact) mass is 308 g/mol. The minimum atomic E-state index is -0.904. The molecule has 0 saturated heterocycles. The van der Waals surface area contributed by atoms with Crippen molar-refractivity contribution in [1.29, 1.82) is 0 Å². The third-order valence-electron chi connectivity index (χ3n) is 3.69. The third kappa shape index (κ3) is 1.89. The third-order valence-corrected chi connectivity index (χ3v) is 5.10. The molecule has 1 N–H and O–H groups in total. The standard InChI is InChI=1S/C14H13ClN2O2S/c1-14(2)9(4-6-17(14)13(18)19)11-7-8-10(15)3-5-16-12(8)20-11/h3-5,7H,6H2,1-2H3,(H,18,19). The van der Waals surface area contributed by atoms with Gasteiger partial charge >= 0.3 is 6.09 Å². The van der Waals surface area contributed by atoms with Crippen molar-refractivity contribution in [3.8, 4) is 0 Å². The Bertz CT molecular complexity index is 736. The second kappa shape index (κ2) is 4.46. The van der Waals surface area contributed by atoms with Crippen LogP contribution in [0.2, 0.25) is 5.02 Å². The van der Waals surface area contributed by atoms with Gasteiger partial charge in [-0.1, -0.05) is 17.7 Å². The molecule has 0 atom stereocenters. The lowest BCUT2D eigenvalue weighted by Crippen LogP contribution is -2.43. The maximum Gasteiger partial charge on any atom is 0.408 e. The van der Waals surface area contributed by atoms with Crippen LogP contribution in [0, 0.1) is 0 Å². The molecule has 20 heavy (non-hydrogen) atoms. The molecule has 6 heteroatoms. The van der Waals surface area contributed by atoms with Gasteiger partial charge in [0.05, 0.1) is 10.6 Å². The van der Waals surface area contributed by atoms with E-state index in [1.54, 1.807) is 23.6 Å². The van der Waals surface area contributed by atoms with E-state index in [2.05, 4.69) is 4.98 Å². The van der Waals surface area contributed by atoms with Crippen LogP contribution in [-0.2, 0) is 0 Å². The molecular formula is C14H13ClN2O2S. The van der Waals surface area contributed by atoms with Gasteiger partial charge in [0.2, 0.25) is 0 Å². The zero-order chi connectivity index (χ0) is 14.5. The largest absolute Gasteiger partial charge is 0.465 e. The van der Waals surface area contributed by atoms with E-state index < -0.39 is 11.6 Å². The second-order valence-corrected chi connectivity index (χ2v) is 6.63. The predicted molar refractivity (Wildman–Crippen MR) is 81.4 cm³/mol. The summed E-state index contributed by atoms with van der Waals surface area (Å²) in [5.41, 5.74) is 0.470. The van der Waals surface area contributed by atoms with Crippen molar-refractivity contribution in [2.24, 2.45) is 0 Å². The summed E-state index contributed by atoms with van der Waals surface area (Å²) in [6, 6.07) is 3.76. The normalized spacial score (nSPS) is 17.6. The van der Waals surface area contributed by atoms with Gasteiger partial charge < -0.3 is 5.11 Å². The summed E-state index contributed by atoms with van der Waals surface area (Å²) in [5.74, 6) is 0. The highest BCUT2D eigenvalue weighted by molar-refractivity contribution is 7.19. The molecule has 1 aliphatic rings. The first kappa shape index (κ1) is 13.4. The zero-order valence-electron chi connectivity index (χ0n) is 11.1. The molecule has 0 radical (unpaired) electrons. The number of nitrogens with zero attached hydrogens (tertiary/aromatic N) is 2. The molecule has 0 saturated carbocycles. The van der Waals surface area contributed by atoms with E-state index in [4.69, 9.17) is 11.6 Å². The first-order valence-corrected chi connectivity index (χ1v) is 7.36. The molecule has 0 bridgehead atoms. The topological polar surface area (TPSA) is 53.4 Å². The Hall–Kier alpha value is -1.59. The van der Waals surface area contributed by atoms with E-state index in [9.17, 15) is 9.90 Å². The summed E-state index contributed by atoms with van der Waals surface area (Å²) in [5, 5.41) is 10.8. The van der Waals surface area contributed by atoms with Crippen molar-refractivity contribution < 1.29 is 9.90 Å². The minimum absolute atomic E-state index is 0.410. The number of amides is 1. The Morgan fingerprint density at radius 3 is 2.90 bits per heavy atom. The van der Waals surface area contributed by atoms with Gasteiger partial charge in [-0.15, -0.1) is 11.3 Å². The molecule has 2 aromatic rings. The van der Waals surface area contributed by atoms with Crippen LogP contribution >= 0.6 is 22.9 Å². The number of carboxylic acid groups (broad SMARTS) is 1. The summed E-state index contributed by atoms with van der Waals surface area (Å²) >= 11 is 7.71. The molecule has 4 nitrogen and oxygen atoms in total. The van der Waals surface area contributed by atoms with Gasteiger partial charge in [-0.25, -0.2) is 9.78 Å². The second-order valence-electron chi connectivity index (χ2n) is 5.19. The quantitative estimate of drug-likeness (QED) is 0.862. The molecule has 0 spiro atoms. The van der Waals surface area contributed by atoms with Gasteiger partial charge in [-0.3, -0.25) is 4.90 Å². The van der Waals surface area contributed by atoms with Crippen molar-refractivity contribution in [3.63, 3.8) is 0 Å². The van der Waals surface area contributed by atoms with Crippen LogP contribution in [0.5, 0.6) is 0 Å². The Morgan fingerprint density at radius 1 is 1.55 bits per heavy atom. The SMILES string of the molecule is CC1(C)C(c2cc3c(Cl)ccnc3s2)=CCN1C(=O)O. The lowest BCUT2D eigenvalue weighted by Gasteiger charge is -2.31. The van der Waals surface area contributed by atoms with E-state index in [1.165, 1.54) is 4.90 Å². The Balaban J connectivity index is 2.08. The maximum absolute atomic E-state index is 11.3. The van der Waals surface area contributed by atoms with E-state index in [1.807, 2.05) is 26.0 Å². The van der Waals surface area contributed by atoms with Crippen molar-refractivity contribution >= 4 is 44.8 Å². The van der Waals surface area contributed by atoms with Crippen molar-refractivity contribution in [2.45, 2.75) is 19.4 Å². The van der Waals surface area contributed by atoms with Crippen molar-refractivity contribution in [2.75, 3.05) is 6.54 Å². The lowest BCUT2D eigenvalue weighted by atomic mass is 9.94. The van der Waals surface area contributed by atoms with Crippen LogP contribution in [0.4, 0.5) is 4.79 Å². The molecule has 0 fully saturated rings. The number of halogens is 1. The molecule has 0 unspecified atom stereocenters. The fourth-order valence-corrected chi connectivity index (χ4v) is 4.04. The molecule has 0 aromatic carbocycles. The number of pyridine rings is 1. The molecule has 0 aliphatic carbocycles. The summed E-state index contributed by atoms with van der Waals surface area (Å²) in [6.45, 7) is 4.24. The van der Waals surface area contributed by atoms with Gasteiger partial charge in [0.15, 0.2) is 0 Å². The van der Waals surface area contributed by atoms with Crippen LogP contribution < -0.4 is 0 Å². The number of hydrogen-bond donors (Lipinski definition) is 1. The highest BCUT2D eigenvalue weighted by atomic mass is 35.5. The summed E-state index contributed by atoms with van der Waals surface area (Å²) < 4.78 is 0. The fraction of sp³-hybridized carbons (Fsp3) is 0.286. The first-order chi connectivity index (χ1) is 9.41. The highest BCUT2D eigenvalue weighted by Crippen LogP contribution is 2.42. The fourth-order valence-electron chi connectivity index (χ4n) is 2.57. The van der Waals surface area contributed by atoms with Gasteiger partial charge in [0.1, 0.15) is 4.83 Å². The van der Waals surface area contributed by atoms with Gasteiger partial charge in [-0.05, 0) is 31.6 Å². The smallest absolute Gasteiger partial charge is 0.408 e. The number of rotatable bonds is 1. The van der Waals surface area contributed by atoms with Crippen LogP contribution in [0.15, 0.2) is 24.4 Å². The average Bonchev–Trinajstić information content (AvgIpc) is 2.90. The van der Waals surface area contributed by atoms with Crippen LogP contribution in [0.3, 0.4) is 0 Å². The Labute approximate surface area is 125 Å². The van der Waals surface area contributed by atoms with Crippen molar-refractivity contribution in [1.82, 2.24) is 9.88 Å². The molecule has 1 aliphatic heterocycles. The molecule has 104 valence electrons. The molecular weight excluding hydrogens is 296 g/mol. The number of aromatic nitrogens is 1. The van der Waals surface area contributed by atoms with Crippen LogP contribution in [-0.4, -0.2) is 33.2 Å². The maximum atomic E-state index is 11.3. The minimum Gasteiger partial charge on any atom is -0.465 e. The summed E-state index contributed by atoms with van der Waals surface area (Å²) in [7, 11) is 0. The van der Waals surface area contributed by atoms with Gasteiger partial charge in [0.25, 0.3) is 0 Å². The summed E-state index contributed by atoms with van der Waals surface area (Å²) in [4.78, 5) is 18.9. The van der Waals surface area contributed by atoms with Gasteiger partial charge in [0, 0.05) is 23.0 Å². The molecule has 3 rings (SSSR count). The van der Waals surface area contributed by atoms with E-state index in [-0.39, 0.29) is 0 Å². The Morgan fingerprint density at radius 2 is 2.30 bits per heavy atom. The zero-order valence-corrected chi connectivity index (χ0v) is 12.6. The van der Waals surface area contributed by atoms with Gasteiger partial charge in [-0.2, -0.15) is 0 Å². The van der Waals surface area contributed by atoms with Crippen LogP contribution in [0.1, 0.15) is 18.7 Å². The molecule has 2 aromatic heterocycles. The predicted octanol–water partition coefficient (Wildman–Crippen LogP) is 4.11. The number of thiophene rings is 1. The average molecular weight is 309 g/mol. The highest BCUT2D eigenvalue weighted by Gasteiger charge is 2.39. The van der Waals surface area contributed by atoms with E-state index >= 15 is 0 Å². The molecule has 1 amide bonds. The molecule has 3 heterocycles. The lowest BCUT2D eigenvalue weighted by molar-refractivity contribution is 0.127. The van der Waals surface area contributed by atoms with Crippen LogP contribution in [0.25, 0.3) is 15.8 Å². The number of hydrogen-bond acceptors (Lipinski definition) is 3. The number of fused-ring (bicyclic) bond motifs is 1. The Kier molecular flexibility index (Phi) is 2.99. The van der Waals surface area contributed by atoms with E-state index in [0.717, 1.165) is 20.7 Å².